The molecule has 1 aliphatic rings. The number of quaternary nitrogens is 1. The Balaban J connectivity index is 1.37. The summed E-state index contributed by atoms with van der Waals surface area (Å²) in [4.78, 5) is 20.4. The molecule has 2 aromatic carbocycles. The largest absolute Gasteiger partial charge is 0.454 e. The normalized spacial score (nSPS) is 14.8. The van der Waals surface area contributed by atoms with Gasteiger partial charge in [-0.15, -0.1) is 11.3 Å². The standard InChI is InChI=1S/C21H23N3O3S/c1-14(21-22-16-6-4-5-7-19(16)28-21)24(3)20(25)12-23(2)11-15-8-9-17-18(10-15)27-13-26-17/h4-10,14H,11-13H2,1-3H3/p+1/t14-/m1/s1. The monoisotopic (exact) mass is 398 g/mol. The molecular formula is C21H24N3O3S+. The summed E-state index contributed by atoms with van der Waals surface area (Å²) in [7, 11) is 3.88. The maximum Gasteiger partial charge on any atom is 0.278 e. The van der Waals surface area contributed by atoms with E-state index in [4.69, 9.17) is 9.47 Å². The minimum atomic E-state index is -0.0526. The van der Waals surface area contributed by atoms with E-state index in [-0.39, 0.29) is 18.7 Å². The SMILES string of the molecule is C[C@H](c1nc2ccccc2s1)N(C)C(=O)C[NH+](C)Cc1ccc2c(c1)OCO2. The zero-order chi connectivity index (χ0) is 19.7. The Morgan fingerprint density at radius 2 is 2.04 bits per heavy atom. The van der Waals surface area contributed by atoms with Crippen LogP contribution in [0, 0.1) is 0 Å². The molecule has 1 amide bonds. The van der Waals surface area contributed by atoms with Gasteiger partial charge in [0, 0.05) is 12.6 Å². The van der Waals surface area contributed by atoms with Crippen LogP contribution < -0.4 is 14.4 Å². The number of aromatic nitrogens is 1. The van der Waals surface area contributed by atoms with Crippen molar-refractivity contribution in [1.29, 1.82) is 0 Å². The Hall–Kier alpha value is -2.64. The first kappa shape index (κ1) is 18.7. The minimum absolute atomic E-state index is 0.0526. The third-order valence-electron chi connectivity index (χ3n) is 5.04. The number of nitrogens with zero attached hydrogens (tertiary/aromatic N) is 2. The van der Waals surface area contributed by atoms with Crippen LogP contribution in [0.25, 0.3) is 10.2 Å². The fourth-order valence-electron chi connectivity index (χ4n) is 3.30. The number of ether oxygens (including phenoxy) is 2. The summed E-state index contributed by atoms with van der Waals surface area (Å²) in [5, 5.41) is 0.963. The fraction of sp³-hybridized carbons (Fsp3) is 0.333. The number of carbonyl (C=O) groups is 1. The second kappa shape index (κ2) is 7.77. The highest BCUT2D eigenvalue weighted by Gasteiger charge is 2.23. The maximum absolute atomic E-state index is 12.8. The van der Waals surface area contributed by atoms with E-state index in [1.807, 2.05) is 57.4 Å². The molecule has 0 fully saturated rings. The second-order valence-electron chi connectivity index (χ2n) is 7.20. The molecule has 2 atom stereocenters. The summed E-state index contributed by atoms with van der Waals surface area (Å²) in [5.41, 5.74) is 2.11. The number of amides is 1. The first-order valence-corrected chi connectivity index (χ1v) is 10.1. The van der Waals surface area contributed by atoms with Crippen molar-refractivity contribution < 1.29 is 19.2 Å². The Kier molecular flexibility index (Phi) is 5.19. The van der Waals surface area contributed by atoms with E-state index in [0.717, 1.165) is 43.7 Å². The van der Waals surface area contributed by atoms with E-state index in [2.05, 4.69) is 11.1 Å². The molecule has 0 saturated carbocycles. The van der Waals surface area contributed by atoms with E-state index >= 15 is 0 Å². The lowest BCUT2D eigenvalue weighted by atomic mass is 10.2. The lowest BCUT2D eigenvalue weighted by Crippen LogP contribution is -3.08. The number of nitrogens with one attached hydrogen (secondary N) is 1. The molecule has 1 aliphatic heterocycles. The lowest BCUT2D eigenvalue weighted by molar-refractivity contribution is -0.885. The fourth-order valence-corrected chi connectivity index (χ4v) is 4.36. The van der Waals surface area contributed by atoms with Crippen molar-refractivity contribution in [1.82, 2.24) is 9.88 Å². The minimum Gasteiger partial charge on any atom is -0.454 e. The van der Waals surface area contributed by atoms with Crippen LogP contribution in [0.3, 0.4) is 0 Å². The molecule has 3 aromatic rings. The van der Waals surface area contributed by atoms with Crippen molar-refractivity contribution in [3.8, 4) is 11.5 Å². The number of likely N-dealkylation sites (N-methyl/N-ethyl adjacent to an activating group) is 2. The van der Waals surface area contributed by atoms with Gasteiger partial charge in [0.1, 0.15) is 11.6 Å². The highest BCUT2D eigenvalue weighted by molar-refractivity contribution is 7.18. The Labute approximate surface area is 168 Å². The number of fused-ring (bicyclic) bond motifs is 2. The van der Waals surface area contributed by atoms with Crippen LogP contribution in [0.5, 0.6) is 11.5 Å². The van der Waals surface area contributed by atoms with Crippen molar-refractivity contribution in [2.75, 3.05) is 27.4 Å². The molecule has 1 N–H and O–H groups in total. The van der Waals surface area contributed by atoms with Crippen LogP contribution in [0.2, 0.25) is 0 Å². The van der Waals surface area contributed by atoms with E-state index in [0.29, 0.717) is 6.54 Å². The predicted molar refractivity (Wildman–Crippen MR) is 109 cm³/mol. The number of thiazole rings is 1. The first-order valence-electron chi connectivity index (χ1n) is 9.32. The van der Waals surface area contributed by atoms with Crippen LogP contribution >= 0.6 is 11.3 Å². The van der Waals surface area contributed by atoms with E-state index < -0.39 is 0 Å². The Morgan fingerprint density at radius 3 is 2.86 bits per heavy atom. The number of hydrogen-bond donors (Lipinski definition) is 1. The molecule has 4 rings (SSSR count). The predicted octanol–water partition coefficient (Wildman–Crippen LogP) is 2.26. The van der Waals surface area contributed by atoms with E-state index in [1.54, 1.807) is 16.2 Å². The van der Waals surface area contributed by atoms with Crippen LogP contribution in [0.15, 0.2) is 42.5 Å². The summed E-state index contributed by atoms with van der Waals surface area (Å²) in [6, 6.07) is 14.0. The van der Waals surface area contributed by atoms with Crippen molar-refractivity contribution in [3.63, 3.8) is 0 Å². The third-order valence-corrected chi connectivity index (χ3v) is 6.24. The van der Waals surface area contributed by atoms with Gasteiger partial charge in [0.05, 0.1) is 23.3 Å². The topological polar surface area (TPSA) is 56.1 Å². The van der Waals surface area contributed by atoms with Gasteiger partial charge in [-0.1, -0.05) is 12.1 Å². The Bertz CT molecular complexity index is 970. The van der Waals surface area contributed by atoms with E-state index in [9.17, 15) is 4.79 Å². The summed E-state index contributed by atoms with van der Waals surface area (Å²) in [6.45, 7) is 3.46. The van der Waals surface area contributed by atoms with Crippen molar-refractivity contribution in [2.45, 2.75) is 19.5 Å². The van der Waals surface area contributed by atoms with Gasteiger partial charge in [-0.3, -0.25) is 4.79 Å². The molecule has 0 radical (unpaired) electrons. The van der Waals surface area contributed by atoms with Crippen molar-refractivity contribution >= 4 is 27.5 Å². The lowest BCUT2D eigenvalue weighted by Gasteiger charge is -2.24. The third kappa shape index (κ3) is 3.81. The molecule has 0 spiro atoms. The second-order valence-corrected chi connectivity index (χ2v) is 8.26. The van der Waals surface area contributed by atoms with Gasteiger partial charge < -0.3 is 19.3 Å². The van der Waals surface area contributed by atoms with Gasteiger partial charge in [-0.2, -0.15) is 0 Å². The van der Waals surface area contributed by atoms with Crippen LogP contribution in [-0.4, -0.2) is 43.2 Å². The molecule has 0 bridgehead atoms. The van der Waals surface area contributed by atoms with Gasteiger partial charge in [0.2, 0.25) is 6.79 Å². The molecule has 1 aromatic heterocycles. The molecule has 6 nitrogen and oxygen atoms in total. The molecule has 7 heteroatoms. The zero-order valence-corrected chi connectivity index (χ0v) is 17.1. The average Bonchev–Trinajstić information content (AvgIpc) is 3.32. The molecule has 0 saturated heterocycles. The van der Waals surface area contributed by atoms with Crippen LogP contribution in [0.4, 0.5) is 0 Å². The summed E-state index contributed by atoms with van der Waals surface area (Å²) >= 11 is 1.65. The van der Waals surface area contributed by atoms with Gasteiger partial charge in [0.25, 0.3) is 5.91 Å². The van der Waals surface area contributed by atoms with Gasteiger partial charge in [0.15, 0.2) is 18.0 Å². The number of hydrogen-bond acceptors (Lipinski definition) is 5. The molecule has 1 unspecified atom stereocenters. The summed E-state index contributed by atoms with van der Waals surface area (Å²) in [5.74, 6) is 1.66. The van der Waals surface area contributed by atoms with Crippen LogP contribution in [0.1, 0.15) is 23.5 Å². The number of carbonyl (C=O) groups excluding carboxylic acids is 1. The molecule has 28 heavy (non-hydrogen) atoms. The average molecular weight is 399 g/mol. The maximum atomic E-state index is 12.8. The highest BCUT2D eigenvalue weighted by Crippen LogP contribution is 2.32. The zero-order valence-electron chi connectivity index (χ0n) is 16.3. The van der Waals surface area contributed by atoms with Gasteiger partial charge >= 0.3 is 0 Å². The number of benzene rings is 2. The molecule has 0 aliphatic carbocycles. The first-order chi connectivity index (χ1) is 13.5. The molecule has 146 valence electrons. The van der Waals surface area contributed by atoms with Crippen molar-refractivity contribution in [3.05, 3.63) is 53.0 Å². The van der Waals surface area contributed by atoms with E-state index in [1.165, 1.54) is 0 Å². The molecule has 2 heterocycles. The number of para-hydroxylation sites is 1. The number of rotatable bonds is 6. The van der Waals surface area contributed by atoms with Gasteiger partial charge in [-0.05, 0) is 37.3 Å². The van der Waals surface area contributed by atoms with Crippen LogP contribution in [-0.2, 0) is 11.3 Å². The summed E-state index contributed by atoms with van der Waals surface area (Å²) in [6.07, 6.45) is 0. The smallest absolute Gasteiger partial charge is 0.278 e. The summed E-state index contributed by atoms with van der Waals surface area (Å²) < 4.78 is 11.9. The van der Waals surface area contributed by atoms with Gasteiger partial charge in [-0.25, -0.2) is 4.98 Å². The molecular weight excluding hydrogens is 374 g/mol. The Morgan fingerprint density at radius 1 is 1.25 bits per heavy atom. The van der Waals surface area contributed by atoms with Crippen molar-refractivity contribution in [2.24, 2.45) is 0 Å². The highest BCUT2D eigenvalue weighted by atomic mass is 32.1. The quantitative estimate of drug-likeness (QED) is 0.692.